The first-order chi connectivity index (χ1) is 7.92. The lowest BCUT2D eigenvalue weighted by molar-refractivity contribution is -0.160. The highest BCUT2D eigenvalue weighted by molar-refractivity contribution is 6.05. The number of carbonyl (C=O) groups excluding carboxylic acids is 1. The van der Waals surface area contributed by atoms with Crippen molar-refractivity contribution in [2.75, 3.05) is 6.61 Å². The van der Waals surface area contributed by atoms with Crippen LogP contribution in [0.1, 0.15) is 19.4 Å². The number of benzene rings is 1. The van der Waals surface area contributed by atoms with E-state index < -0.39 is 23.2 Å². The molecule has 0 fully saturated rings. The zero-order valence-electron chi connectivity index (χ0n) is 9.57. The summed E-state index contributed by atoms with van der Waals surface area (Å²) in [7, 11) is 0. The van der Waals surface area contributed by atoms with Crippen molar-refractivity contribution in [3.63, 3.8) is 0 Å². The molecule has 0 bridgehead atoms. The zero-order valence-corrected chi connectivity index (χ0v) is 9.57. The summed E-state index contributed by atoms with van der Waals surface area (Å²) in [6.07, 6.45) is 0. The van der Waals surface area contributed by atoms with E-state index in [0.717, 1.165) is 12.1 Å². The van der Waals surface area contributed by atoms with Crippen LogP contribution in [0.25, 0.3) is 0 Å². The molecule has 0 aliphatic rings. The van der Waals surface area contributed by atoms with Gasteiger partial charge in [0.15, 0.2) is 5.41 Å². The fraction of sp³-hybridized carbons (Fsp3) is 0.333. The molecule has 1 aromatic carbocycles. The lowest BCUT2D eigenvalue weighted by Crippen LogP contribution is -2.42. The highest BCUT2D eigenvalue weighted by Crippen LogP contribution is 2.26. The molecule has 1 rings (SSSR count). The largest absolute Gasteiger partial charge is 0.480 e. The molecular formula is C12H13FO4. The third kappa shape index (κ3) is 2.43. The number of ether oxygens (including phenoxy) is 1. The summed E-state index contributed by atoms with van der Waals surface area (Å²) in [5.41, 5.74) is -1.63. The van der Waals surface area contributed by atoms with Gasteiger partial charge in [-0.2, -0.15) is 0 Å². The molecule has 0 spiro atoms. The van der Waals surface area contributed by atoms with Gasteiger partial charge in [0.2, 0.25) is 0 Å². The Bertz CT molecular complexity index is 427. The van der Waals surface area contributed by atoms with Crippen LogP contribution in [0.5, 0.6) is 0 Å². The highest BCUT2D eigenvalue weighted by atomic mass is 19.1. The maximum atomic E-state index is 12.8. The Balaban J connectivity index is 3.20. The number of hydrogen-bond donors (Lipinski definition) is 1. The first-order valence-corrected chi connectivity index (χ1v) is 5.09. The van der Waals surface area contributed by atoms with Gasteiger partial charge in [0.1, 0.15) is 5.82 Å². The third-order valence-corrected chi connectivity index (χ3v) is 2.53. The fourth-order valence-corrected chi connectivity index (χ4v) is 1.39. The normalized spacial score (nSPS) is 13.8. The molecule has 1 unspecified atom stereocenters. The molecular weight excluding hydrogens is 227 g/mol. The fourth-order valence-electron chi connectivity index (χ4n) is 1.39. The zero-order chi connectivity index (χ0) is 13.1. The van der Waals surface area contributed by atoms with Gasteiger partial charge in [0, 0.05) is 0 Å². The monoisotopic (exact) mass is 240 g/mol. The van der Waals surface area contributed by atoms with E-state index in [4.69, 9.17) is 9.84 Å². The SMILES string of the molecule is CCOC(=O)C(C)(C(=O)O)c1ccc(F)cc1. The van der Waals surface area contributed by atoms with Crippen molar-refractivity contribution >= 4 is 11.9 Å². The minimum Gasteiger partial charge on any atom is -0.480 e. The van der Waals surface area contributed by atoms with Crippen molar-refractivity contribution in [2.24, 2.45) is 0 Å². The van der Waals surface area contributed by atoms with Gasteiger partial charge in [-0.3, -0.25) is 9.59 Å². The van der Waals surface area contributed by atoms with Crippen LogP contribution >= 0.6 is 0 Å². The summed E-state index contributed by atoms with van der Waals surface area (Å²) in [6, 6.07) is 4.74. The number of hydrogen-bond acceptors (Lipinski definition) is 3. The average Bonchev–Trinajstić information content (AvgIpc) is 2.29. The van der Waals surface area contributed by atoms with E-state index >= 15 is 0 Å². The Kier molecular flexibility index (Phi) is 3.83. The lowest BCUT2D eigenvalue weighted by Gasteiger charge is -2.22. The number of esters is 1. The van der Waals surface area contributed by atoms with Crippen molar-refractivity contribution in [1.82, 2.24) is 0 Å². The van der Waals surface area contributed by atoms with Crippen molar-refractivity contribution in [3.05, 3.63) is 35.6 Å². The molecule has 92 valence electrons. The van der Waals surface area contributed by atoms with E-state index in [1.165, 1.54) is 19.1 Å². The number of aliphatic carboxylic acids is 1. The second-order valence-corrected chi connectivity index (χ2v) is 3.66. The second-order valence-electron chi connectivity index (χ2n) is 3.66. The molecule has 1 aromatic rings. The first kappa shape index (κ1) is 13.2. The number of carboxylic acids is 1. The first-order valence-electron chi connectivity index (χ1n) is 5.09. The predicted octanol–water partition coefficient (Wildman–Crippen LogP) is 1.73. The maximum Gasteiger partial charge on any atom is 0.327 e. The van der Waals surface area contributed by atoms with Crippen LogP contribution in [0, 0.1) is 5.82 Å². The van der Waals surface area contributed by atoms with Gasteiger partial charge in [0.05, 0.1) is 6.61 Å². The van der Waals surface area contributed by atoms with Crippen molar-refractivity contribution < 1.29 is 23.8 Å². The molecule has 0 saturated carbocycles. The molecule has 1 atom stereocenters. The summed E-state index contributed by atoms with van der Waals surface area (Å²) in [5.74, 6) is -2.69. The summed E-state index contributed by atoms with van der Waals surface area (Å²) in [6.45, 7) is 2.91. The average molecular weight is 240 g/mol. The third-order valence-electron chi connectivity index (χ3n) is 2.53. The molecule has 1 N–H and O–H groups in total. The van der Waals surface area contributed by atoms with Crippen LogP contribution in [-0.2, 0) is 19.7 Å². The summed E-state index contributed by atoms with van der Waals surface area (Å²) in [5, 5.41) is 9.16. The number of carbonyl (C=O) groups is 2. The van der Waals surface area contributed by atoms with Crippen LogP contribution in [0.3, 0.4) is 0 Å². The Morgan fingerprint density at radius 2 is 1.88 bits per heavy atom. The second kappa shape index (κ2) is 4.95. The van der Waals surface area contributed by atoms with Gasteiger partial charge in [-0.25, -0.2) is 4.39 Å². The summed E-state index contributed by atoms with van der Waals surface area (Å²) in [4.78, 5) is 22.9. The van der Waals surface area contributed by atoms with E-state index in [-0.39, 0.29) is 12.2 Å². The number of rotatable bonds is 4. The smallest absolute Gasteiger partial charge is 0.327 e. The minimum absolute atomic E-state index is 0.0862. The Hall–Kier alpha value is -1.91. The Morgan fingerprint density at radius 1 is 1.35 bits per heavy atom. The minimum atomic E-state index is -1.82. The number of halogens is 1. The summed E-state index contributed by atoms with van der Waals surface area (Å²) < 4.78 is 17.5. The van der Waals surface area contributed by atoms with Crippen LogP contribution in [0.2, 0.25) is 0 Å². The molecule has 0 amide bonds. The molecule has 5 heteroatoms. The van der Waals surface area contributed by atoms with E-state index in [1.807, 2.05) is 0 Å². The molecule has 0 radical (unpaired) electrons. The maximum absolute atomic E-state index is 12.8. The van der Waals surface area contributed by atoms with Crippen LogP contribution in [0.4, 0.5) is 4.39 Å². The number of carboxylic acid groups (broad SMARTS) is 1. The lowest BCUT2D eigenvalue weighted by atomic mass is 9.82. The molecule has 4 nitrogen and oxygen atoms in total. The molecule has 0 aliphatic carbocycles. The van der Waals surface area contributed by atoms with Gasteiger partial charge in [-0.1, -0.05) is 12.1 Å². The predicted molar refractivity (Wildman–Crippen MR) is 58.0 cm³/mol. The van der Waals surface area contributed by atoms with Crippen LogP contribution in [0.15, 0.2) is 24.3 Å². The van der Waals surface area contributed by atoms with Gasteiger partial charge in [-0.05, 0) is 31.5 Å². The Labute approximate surface area is 98.0 Å². The van der Waals surface area contributed by atoms with E-state index in [9.17, 15) is 14.0 Å². The topological polar surface area (TPSA) is 63.6 Å². The Morgan fingerprint density at radius 3 is 2.29 bits per heavy atom. The van der Waals surface area contributed by atoms with Crippen molar-refractivity contribution in [3.8, 4) is 0 Å². The van der Waals surface area contributed by atoms with Crippen LogP contribution in [-0.4, -0.2) is 23.7 Å². The molecule has 0 heterocycles. The molecule has 0 aliphatic heterocycles. The van der Waals surface area contributed by atoms with Gasteiger partial charge in [-0.15, -0.1) is 0 Å². The van der Waals surface area contributed by atoms with Crippen molar-refractivity contribution in [2.45, 2.75) is 19.3 Å². The van der Waals surface area contributed by atoms with Gasteiger partial charge < -0.3 is 9.84 Å². The molecule has 17 heavy (non-hydrogen) atoms. The van der Waals surface area contributed by atoms with E-state index in [0.29, 0.717) is 0 Å². The standard InChI is InChI=1S/C12H13FO4/c1-3-17-11(16)12(2,10(14)15)8-4-6-9(13)7-5-8/h4-7H,3H2,1-2H3,(H,14,15). The molecule has 0 aromatic heterocycles. The van der Waals surface area contributed by atoms with Crippen molar-refractivity contribution in [1.29, 1.82) is 0 Å². The van der Waals surface area contributed by atoms with Gasteiger partial charge >= 0.3 is 11.9 Å². The highest BCUT2D eigenvalue weighted by Gasteiger charge is 2.44. The van der Waals surface area contributed by atoms with E-state index in [2.05, 4.69) is 0 Å². The van der Waals surface area contributed by atoms with E-state index in [1.54, 1.807) is 6.92 Å². The molecule has 0 saturated heterocycles. The quantitative estimate of drug-likeness (QED) is 0.643. The van der Waals surface area contributed by atoms with Crippen LogP contribution < -0.4 is 0 Å². The van der Waals surface area contributed by atoms with Gasteiger partial charge in [0.25, 0.3) is 0 Å². The summed E-state index contributed by atoms with van der Waals surface area (Å²) >= 11 is 0.